The van der Waals surface area contributed by atoms with Crippen molar-refractivity contribution in [2.24, 2.45) is 0 Å². The van der Waals surface area contributed by atoms with Gasteiger partial charge in [-0.2, -0.15) is 0 Å². The number of hydrogen-bond donors (Lipinski definition) is 0. The Morgan fingerprint density at radius 2 is 2.00 bits per heavy atom. The maximum Gasteiger partial charge on any atom is 0.679 e. The molecule has 1 aliphatic rings. The molecule has 66 valence electrons. The van der Waals surface area contributed by atoms with Gasteiger partial charge in [0.05, 0.1) is 13.2 Å². The van der Waals surface area contributed by atoms with E-state index in [1.807, 2.05) is 6.92 Å². The molecule has 0 aliphatic carbocycles. The van der Waals surface area contributed by atoms with Crippen LogP contribution in [0.25, 0.3) is 0 Å². The number of hydrogen-bond acceptors (Lipinski definition) is 4. The van der Waals surface area contributed by atoms with E-state index in [0.717, 1.165) is 6.42 Å². The van der Waals surface area contributed by atoms with Gasteiger partial charge in [0.25, 0.3) is 0 Å². The van der Waals surface area contributed by atoms with E-state index in [2.05, 4.69) is 0 Å². The van der Waals surface area contributed by atoms with Gasteiger partial charge in [-0.25, -0.2) is 0 Å². The Balaban J connectivity index is 2.33. The summed E-state index contributed by atoms with van der Waals surface area (Å²) in [6.45, 7) is 3.85. The summed E-state index contributed by atoms with van der Waals surface area (Å²) in [4.78, 5) is 0. The van der Waals surface area contributed by atoms with Gasteiger partial charge in [0, 0.05) is 13.7 Å². The first-order valence-electron chi connectivity index (χ1n) is 3.80. The molecule has 1 aliphatic heterocycles. The van der Waals surface area contributed by atoms with Crippen LogP contribution in [0.15, 0.2) is 0 Å². The van der Waals surface area contributed by atoms with E-state index < -0.39 is 9.05 Å². The molecule has 0 aromatic heterocycles. The van der Waals surface area contributed by atoms with Crippen molar-refractivity contribution < 1.29 is 17.7 Å². The van der Waals surface area contributed by atoms with E-state index in [9.17, 15) is 0 Å². The first kappa shape index (κ1) is 9.15. The second kappa shape index (κ2) is 4.17. The second-order valence-electron chi connectivity index (χ2n) is 2.25. The highest BCUT2D eigenvalue weighted by molar-refractivity contribution is 6.53. The first-order chi connectivity index (χ1) is 5.33. The quantitative estimate of drug-likeness (QED) is 0.589. The lowest BCUT2D eigenvalue weighted by Gasteiger charge is -2.18. The monoisotopic (exact) mass is 178 g/mol. The Kier molecular flexibility index (Phi) is 3.47. The molecule has 5 heteroatoms. The Bertz CT molecular complexity index is 113. The van der Waals surface area contributed by atoms with Crippen molar-refractivity contribution in [2.75, 3.05) is 26.9 Å². The molecule has 11 heavy (non-hydrogen) atoms. The van der Waals surface area contributed by atoms with Crippen LogP contribution in [0.5, 0.6) is 0 Å². The van der Waals surface area contributed by atoms with Crippen LogP contribution >= 0.6 is 0 Å². The molecule has 4 nitrogen and oxygen atoms in total. The molecule has 0 amide bonds. The molecule has 0 radical (unpaired) electrons. The van der Waals surface area contributed by atoms with E-state index >= 15 is 0 Å². The Morgan fingerprint density at radius 1 is 1.36 bits per heavy atom. The van der Waals surface area contributed by atoms with Crippen molar-refractivity contribution in [3.63, 3.8) is 0 Å². The van der Waals surface area contributed by atoms with Crippen molar-refractivity contribution in [3.05, 3.63) is 0 Å². The summed E-state index contributed by atoms with van der Waals surface area (Å²) in [7, 11) is -1.06. The maximum atomic E-state index is 5.36. The van der Waals surface area contributed by atoms with Crippen LogP contribution in [0, 0.1) is 0 Å². The molecule has 1 rings (SSSR count). The fourth-order valence-electron chi connectivity index (χ4n) is 0.862. The van der Waals surface area contributed by atoms with Crippen molar-refractivity contribution in [2.45, 2.75) is 13.3 Å². The highest BCUT2D eigenvalue weighted by atomic mass is 28.4. The summed E-state index contributed by atoms with van der Waals surface area (Å²) in [6, 6.07) is 0. The topological polar surface area (TPSA) is 36.9 Å². The minimum absolute atomic E-state index is 0.587. The van der Waals surface area contributed by atoms with Gasteiger partial charge in [-0.05, 0) is 6.42 Å². The molecule has 0 saturated carbocycles. The average molecular weight is 178 g/mol. The minimum Gasteiger partial charge on any atom is -0.355 e. The molecule has 0 aromatic rings. The summed E-state index contributed by atoms with van der Waals surface area (Å²) >= 11 is 0. The van der Waals surface area contributed by atoms with Crippen LogP contribution in [0.2, 0.25) is 0 Å². The van der Waals surface area contributed by atoms with Crippen LogP contribution in [0.4, 0.5) is 0 Å². The summed E-state index contributed by atoms with van der Waals surface area (Å²) in [5.41, 5.74) is 0. The lowest BCUT2D eigenvalue weighted by molar-refractivity contribution is 0.0395. The Hall–Kier alpha value is 0.0569. The zero-order valence-electron chi connectivity index (χ0n) is 6.96. The van der Waals surface area contributed by atoms with Gasteiger partial charge < -0.3 is 17.7 Å². The molecule has 0 unspecified atom stereocenters. The smallest absolute Gasteiger partial charge is 0.355 e. The largest absolute Gasteiger partial charge is 0.679 e. The van der Waals surface area contributed by atoms with Gasteiger partial charge in [0.2, 0.25) is 0 Å². The molecule has 0 atom stereocenters. The van der Waals surface area contributed by atoms with Gasteiger partial charge in [0.1, 0.15) is 0 Å². The highest BCUT2D eigenvalue weighted by Crippen LogP contribution is 2.15. The second-order valence-corrected chi connectivity index (χ2v) is 4.52. The first-order valence-corrected chi connectivity index (χ1v) is 5.43. The van der Waals surface area contributed by atoms with Crippen LogP contribution in [0.3, 0.4) is 0 Å². The molecule has 1 heterocycles. The zero-order chi connectivity index (χ0) is 8.16. The number of rotatable bonds is 4. The summed E-state index contributed by atoms with van der Waals surface area (Å²) in [5.74, 6) is 0. The molecular weight excluding hydrogens is 164 g/mol. The van der Waals surface area contributed by atoms with Gasteiger partial charge in [0.15, 0.2) is 0 Å². The van der Waals surface area contributed by atoms with Crippen molar-refractivity contribution in [1.82, 2.24) is 0 Å². The zero-order valence-corrected chi connectivity index (χ0v) is 7.96. The van der Waals surface area contributed by atoms with Crippen LogP contribution in [0.1, 0.15) is 13.3 Å². The SMILES string of the molecule is CCCO[Si]1(OC)OCCO1. The molecule has 1 saturated heterocycles. The predicted molar refractivity (Wildman–Crippen MR) is 40.9 cm³/mol. The molecule has 0 aromatic carbocycles. The van der Waals surface area contributed by atoms with Crippen LogP contribution in [-0.4, -0.2) is 36.0 Å². The Morgan fingerprint density at radius 3 is 2.45 bits per heavy atom. The van der Waals surface area contributed by atoms with Gasteiger partial charge in [-0.3, -0.25) is 0 Å². The summed E-state index contributed by atoms with van der Waals surface area (Å²) in [6.07, 6.45) is 0.949. The average Bonchev–Trinajstić information content (AvgIpc) is 2.50. The van der Waals surface area contributed by atoms with E-state index in [4.69, 9.17) is 17.7 Å². The Labute approximate surface area is 67.9 Å². The standard InChI is InChI=1S/C6H14O4Si/c1-3-4-8-11(7-2)9-5-6-10-11/h3-6H2,1-2H3. The van der Waals surface area contributed by atoms with Gasteiger partial charge in [-0.15, -0.1) is 0 Å². The van der Waals surface area contributed by atoms with Crippen LogP contribution in [-0.2, 0) is 17.7 Å². The highest BCUT2D eigenvalue weighted by Gasteiger charge is 2.48. The van der Waals surface area contributed by atoms with Crippen LogP contribution < -0.4 is 0 Å². The van der Waals surface area contributed by atoms with Crippen molar-refractivity contribution in [3.8, 4) is 0 Å². The maximum absolute atomic E-state index is 5.36. The van der Waals surface area contributed by atoms with E-state index in [0.29, 0.717) is 19.8 Å². The third kappa shape index (κ3) is 2.24. The van der Waals surface area contributed by atoms with Gasteiger partial charge in [-0.1, -0.05) is 6.92 Å². The summed E-state index contributed by atoms with van der Waals surface area (Å²) in [5, 5.41) is 0. The van der Waals surface area contributed by atoms with E-state index in [-0.39, 0.29) is 0 Å². The van der Waals surface area contributed by atoms with E-state index in [1.165, 1.54) is 0 Å². The van der Waals surface area contributed by atoms with Gasteiger partial charge >= 0.3 is 9.05 Å². The van der Waals surface area contributed by atoms with Crippen molar-refractivity contribution in [1.29, 1.82) is 0 Å². The molecule has 0 bridgehead atoms. The lowest BCUT2D eigenvalue weighted by Crippen LogP contribution is -2.43. The van der Waals surface area contributed by atoms with Crippen molar-refractivity contribution >= 4 is 9.05 Å². The third-order valence-electron chi connectivity index (χ3n) is 1.37. The minimum atomic E-state index is -2.63. The fraction of sp³-hybridized carbons (Fsp3) is 1.00. The van der Waals surface area contributed by atoms with E-state index in [1.54, 1.807) is 7.11 Å². The molecular formula is C6H14O4Si. The molecule has 0 spiro atoms. The molecule has 1 fully saturated rings. The predicted octanol–water partition coefficient (Wildman–Crippen LogP) is 0.542. The summed E-state index contributed by atoms with van der Waals surface area (Å²) < 4.78 is 21.0. The third-order valence-corrected chi connectivity index (χ3v) is 3.55. The normalized spacial score (nSPS) is 22.4. The lowest BCUT2D eigenvalue weighted by atomic mass is 10.5. The fourth-order valence-corrected chi connectivity index (χ4v) is 2.59. The molecule has 0 N–H and O–H groups in total.